The zero-order valence-electron chi connectivity index (χ0n) is 16.1. The van der Waals surface area contributed by atoms with Gasteiger partial charge in [0.1, 0.15) is 0 Å². The van der Waals surface area contributed by atoms with Gasteiger partial charge in [0.25, 0.3) is 0 Å². The number of hydrogen-bond acceptors (Lipinski definition) is 1. The molecule has 1 aromatic carbocycles. The van der Waals surface area contributed by atoms with Crippen LogP contribution in [0.1, 0.15) is 61.0 Å². The Morgan fingerprint density at radius 3 is 1.87 bits per heavy atom. The van der Waals surface area contributed by atoms with Gasteiger partial charge >= 0.3 is 0 Å². The van der Waals surface area contributed by atoms with Crippen LogP contribution in [-0.4, -0.2) is 6.04 Å². The molecule has 2 rings (SSSR count). The lowest BCUT2D eigenvalue weighted by Crippen LogP contribution is -2.31. The second-order valence-electron chi connectivity index (χ2n) is 9.07. The van der Waals surface area contributed by atoms with E-state index in [0.717, 1.165) is 0 Å². The molecule has 1 heteroatoms. The Balaban J connectivity index is 2.16. The average Bonchev–Trinajstić information content (AvgIpc) is 2.41. The molecule has 0 aliphatic heterocycles. The normalized spacial score (nSPS) is 22.4. The molecular formula is C22H33N. The number of rotatable bonds is 2. The van der Waals surface area contributed by atoms with Gasteiger partial charge in [-0.2, -0.15) is 0 Å². The predicted molar refractivity (Wildman–Crippen MR) is 103 cm³/mol. The lowest BCUT2D eigenvalue weighted by atomic mass is 9.77. The summed E-state index contributed by atoms with van der Waals surface area (Å²) in [4.78, 5) is 0. The van der Waals surface area contributed by atoms with Crippen LogP contribution in [0.25, 0.3) is 0 Å². The third kappa shape index (κ3) is 4.28. The van der Waals surface area contributed by atoms with Crippen molar-refractivity contribution >= 4 is 5.69 Å². The molecule has 0 spiro atoms. The molecule has 1 unspecified atom stereocenters. The summed E-state index contributed by atoms with van der Waals surface area (Å²) in [7, 11) is 0. The topological polar surface area (TPSA) is 12.0 Å². The molecule has 1 nitrogen and oxygen atoms in total. The second kappa shape index (κ2) is 6.19. The van der Waals surface area contributed by atoms with Crippen molar-refractivity contribution in [3.63, 3.8) is 0 Å². The first-order valence-corrected chi connectivity index (χ1v) is 8.76. The van der Waals surface area contributed by atoms with Gasteiger partial charge in [-0.3, -0.25) is 0 Å². The highest BCUT2D eigenvalue weighted by Gasteiger charge is 2.26. The van der Waals surface area contributed by atoms with Crippen molar-refractivity contribution in [2.75, 3.05) is 5.32 Å². The van der Waals surface area contributed by atoms with E-state index < -0.39 is 0 Å². The third-order valence-electron chi connectivity index (χ3n) is 4.78. The Morgan fingerprint density at radius 1 is 0.870 bits per heavy atom. The van der Waals surface area contributed by atoms with Gasteiger partial charge in [0, 0.05) is 5.69 Å². The van der Waals surface area contributed by atoms with Gasteiger partial charge in [0.05, 0.1) is 6.04 Å². The zero-order valence-corrected chi connectivity index (χ0v) is 16.1. The Hall–Kier alpha value is -1.50. The van der Waals surface area contributed by atoms with E-state index in [9.17, 15) is 0 Å². The molecule has 0 radical (unpaired) electrons. The largest absolute Gasteiger partial charge is 0.378 e. The minimum absolute atomic E-state index is 0.205. The van der Waals surface area contributed by atoms with E-state index >= 15 is 0 Å². The fourth-order valence-corrected chi connectivity index (χ4v) is 3.14. The molecule has 23 heavy (non-hydrogen) atoms. The van der Waals surface area contributed by atoms with Gasteiger partial charge in [-0.05, 0) is 46.9 Å². The Morgan fingerprint density at radius 2 is 1.43 bits per heavy atom. The summed E-state index contributed by atoms with van der Waals surface area (Å²) in [6, 6.07) is 9.28. The average molecular weight is 312 g/mol. The molecule has 1 aromatic rings. The molecular weight excluding hydrogens is 278 g/mol. The van der Waals surface area contributed by atoms with E-state index in [0.29, 0.717) is 12.0 Å². The van der Waals surface area contributed by atoms with Crippen molar-refractivity contribution in [2.24, 2.45) is 11.3 Å². The Bertz CT molecular complexity index is 603. The van der Waals surface area contributed by atoms with Crippen LogP contribution in [0.4, 0.5) is 5.69 Å². The van der Waals surface area contributed by atoms with Crippen LogP contribution in [0.15, 0.2) is 47.6 Å². The molecule has 1 N–H and O–H groups in total. The van der Waals surface area contributed by atoms with Crippen LogP contribution >= 0.6 is 0 Å². The summed E-state index contributed by atoms with van der Waals surface area (Å²) < 4.78 is 0. The van der Waals surface area contributed by atoms with Gasteiger partial charge in [0.2, 0.25) is 0 Å². The summed E-state index contributed by atoms with van der Waals surface area (Å²) in [6.07, 6.45) is 4.79. The van der Waals surface area contributed by atoms with Gasteiger partial charge in [-0.1, -0.05) is 78.3 Å². The Labute approximate surface area is 142 Å². The van der Waals surface area contributed by atoms with E-state index in [2.05, 4.69) is 97.1 Å². The number of nitrogens with one attached hydrogen (secondary N) is 1. The standard InChI is InChI=1S/C22H33N/c1-15-13-18(22(6,7)8)14-16(2)20(15)23-19-11-9-17(10-12-19)21(3,4)5/h9-15,20,23H,1-8H3/t15?,20-/m1/s1. The Kier molecular flexibility index (Phi) is 4.80. The van der Waals surface area contributed by atoms with E-state index in [1.807, 2.05) is 0 Å². The summed E-state index contributed by atoms with van der Waals surface area (Å²) >= 11 is 0. The van der Waals surface area contributed by atoms with Crippen molar-refractivity contribution in [3.8, 4) is 0 Å². The van der Waals surface area contributed by atoms with E-state index in [1.165, 1.54) is 22.4 Å². The molecule has 0 amide bonds. The minimum atomic E-state index is 0.205. The molecule has 1 aliphatic carbocycles. The molecule has 0 bridgehead atoms. The van der Waals surface area contributed by atoms with Gasteiger partial charge < -0.3 is 5.32 Å². The summed E-state index contributed by atoms with van der Waals surface area (Å²) in [5.41, 5.74) is 5.87. The van der Waals surface area contributed by atoms with Gasteiger partial charge in [-0.15, -0.1) is 0 Å². The maximum atomic E-state index is 3.72. The molecule has 0 saturated heterocycles. The zero-order chi connectivity index (χ0) is 17.4. The van der Waals surface area contributed by atoms with Crippen LogP contribution in [0.3, 0.4) is 0 Å². The maximum Gasteiger partial charge on any atom is 0.0534 e. The lowest BCUT2D eigenvalue weighted by molar-refractivity contribution is 0.495. The van der Waals surface area contributed by atoms with Crippen LogP contribution in [0, 0.1) is 11.3 Å². The van der Waals surface area contributed by atoms with Crippen molar-refractivity contribution < 1.29 is 0 Å². The van der Waals surface area contributed by atoms with E-state index in [1.54, 1.807) is 0 Å². The first-order chi connectivity index (χ1) is 10.5. The number of benzene rings is 1. The molecule has 0 aromatic heterocycles. The molecule has 1 aliphatic rings. The minimum Gasteiger partial charge on any atom is -0.378 e. The number of anilines is 1. The molecule has 0 saturated carbocycles. The first kappa shape index (κ1) is 17.8. The van der Waals surface area contributed by atoms with Crippen LogP contribution < -0.4 is 5.32 Å². The third-order valence-corrected chi connectivity index (χ3v) is 4.78. The van der Waals surface area contributed by atoms with Crippen LogP contribution in [0.2, 0.25) is 0 Å². The molecule has 126 valence electrons. The summed E-state index contributed by atoms with van der Waals surface area (Å²) in [5.74, 6) is 0.497. The highest BCUT2D eigenvalue weighted by molar-refractivity contribution is 5.50. The SMILES string of the molecule is CC1=CC(C(C)(C)C)=CC(C)[C@H]1Nc1ccc(C(C)(C)C)cc1. The lowest BCUT2D eigenvalue weighted by Gasteiger charge is -2.33. The highest BCUT2D eigenvalue weighted by atomic mass is 14.9. The number of hydrogen-bond donors (Lipinski definition) is 1. The highest BCUT2D eigenvalue weighted by Crippen LogP contribution is 2.35. The van der Waals surface area contributed by atoms with Crippen molar-refractivity contribution in [1.82, 2.24) is 0 Å². The van der Waals surface area contributed by atoms with Crippen LogP contribution in [-0.2, 0) is 5.41 Å². The smallest absolute Gasteiger partial charge is 0.0534 e. The molecule has 2 atom stereocenters. The van der Waals surface area contributed by atoms with Crippen molar-refractivity contribution in [3.05, 3.63) is 53.1 Å². The molecule has 0 fully saturated rings. The quantitative estimate of drug-likeness (QED) is 0.672. The van der Waals surface area contributed by atoms with Gasteiger partial charge in [0.15, 0.2) is 0 Å². The monoisotopic (exact) mass is 311 g/mol. The van der Waals surface area contributed by atoms with Crippen molar-refractivity contribution in [1.29, 1.82) is 0 Å². The fraction of sp³-hybridized carbons (Fsp3) is 0.545. The summed E-state index contributed by atoms with van der Waals surface area (Å²) in [5, 5.41) is 3.72. The fourth-order valence-electron chi connectivity index (χ4n) is 3.14. The van der Waals surface area contributed by atoms with Gasteiger partial charge in [-0.25, -0.2) is 0 Å². The number of allylic oxidation sites excluding steroid dienone is 2. The van der Waals surface area contributed by atoms with Crippen molar-refractivity contribution in [2.45, 2.75) is 66.8 Å². The predicted octanol–water partition coefficient (Wildman–Crippen LogP) is 6.33. The van der Waals surface area contributed by atoms with E-state index in [-0.39, 0.29) is 10.8 Å². The maximum absolute atomic E-state index is 3.72. The first-order valence-electron chi connectivity index (χ1n) is 8.76. The second-order valence-corrected chi connectivity index (χ2v) is 9.07. The molecule has 0 heterocycles. The summed E-state index contributed by atoms with van der Waals surface area (Å²) in [6.45, 7) is 18.2. The van der Waals surface area contributed by atoms with Crippen LogP contribution in [0.5, 0.6) is 0 Å². The van der Waals surface area contributed by atoms with E-state index in [4.69, 9.17) is 0 Å².